The van der Waals surface area contributed by atoms with Crippen molar-refractivity contribution < 1.29 is 9.59 Å². The zero-order chi connectivity index (χ0) is 16.8. The topological polar surface area (TPSA) is 70.2 Å². The number of hydrogen-bond donors (Lipinski definition) is 3. The number of carbonyl (C=O) groups is 2. The number of carbonyl (C=O) groups excluding carboxylic acids is 2. The lowest BCUT2D eigenvalue weighted by molar-refractivity contribution is -0.120. The lowest BCUT2D eigenvalue weighted by Gasteiger charge is -2.20. The zero-order valence-corrected chi connectivity index (χ0v) is 15.4. The molecule has 1 aliphatic heterocycles. The normalized spacial score (nSPS) is 20.6. The number of amides is 2. The Morgan fingerprint density at radius 3 is 2.60 bits per heavy atom. The molecule has 138 valence electrons. The van der Waals surface area contributed by atoms with Gasteiger partial charge in [-0.3, -0.25) is 9.59 Å². The fourth-order valence-corrected chi connectivity index (χ4v) is 3.60. The van der Waals surface area contributed by atoms with E-state index in [0.29, 0.717) is 23.8 Å². The summed E-state index contributed by atoms with van der Waals surface area (Å²) in [5, 5.41) is 9.31. The fourth-order valence-electron chi connectivity index (χ4n) is 3.60. The van der Waals surface area contributed by atoms with Crippen molar-refractivity contribution in [2.45, 2.75) is 51.0 Å². The molecule has 1 heterocycles. The highest BCUT2D eigenvalue weighted by Crippen LogP contribution is 2.25. The van der Waals surface area contributed by atoms with Crippen LogP contribution in [0.1, 0.15) is 55.3 Å². The van der Waals surface area contributed by atoms with Gasteiger partial charge in [0.05, 0.1) is 0 Å². The Labute approximate surface area is 155 Å². The van der Waals surface area contributed by atoms with Gasteiger partial charge in [0.25, 0.3) is 5.91 Å². The Bertz CT molecular complexity index is 582. The van der Waals surface area contributed by atoms with Crippen molar-refractivity contribution in [3.63, 3.8) is 0 Å². The molecule has 1 aromatic carbocycles. The Hall–Kier alpha value is -1.59. The molecule has 3 rings (SSSR count). The van der Waals surface area contributed by atoms with E-state index in [1.165, 1.54) is 12.8 Å². The SMILES string of the molecule is Cl.O=C(NCC1CCCN1)c1cccc(NC(=O)C2CCCCC2)c1. The molecular weight excluding hydrogens is 338 g/mol. The minimum Gasteiger partial charge on any atom is -0.350 e. The Balaban J connectivity index is 0.00000225. The largest absolute Gasteiger partial charge is 0.350 e. The van der Waals surface area contributed by atoms with Gasteiger partial charge in [-0.1, -0.05) is 25.3 Å². The van der Waals surface area contributed by atoms with E-state index in [1.807, 2.05) is 12.1 Å². The molecule has 5 nitrogen and oxygen atoms in total. The van der Waals surface area contributed by atoms with E-state index in [4.69, 9.17) is 0 Å². The standard InChI is InChI=1S/C19H27N3O2.ClH/c23-18(21-13-17-10-5-11-20-17)15-8-4-9-16(12-15)22-19(24)14-6-2-1-3-7-14;/h4,8-9,12,14,17,20H,1-3,5-7,10-11,13H2,(H,21,23)(H,22,24);1H. The molecule has 1 saturated heterocycles. The first-order valence-electron chi connectivity index (χ1n) is 9.15. The molecule has 1 saturated carbocycles. The maximum atomic E-state index is 12.3. The molecule has 1 unspecified atom stereocenters. The molecule has 2 fully saturated rings. The van der Waals surface area contributed by atoms with Crippen LogP contribution in [0.15, 0.2) is 24.3 Å². The predicted octanol–water partition coefficient (Wildman–Crippen LogP) is 3.11. The van der Waals surface area contributed by atoms with Crippen LogP contribution >= 0.6 is 12.4 Å². The number of anilines is 1. The number of benzene rings is 1. The highest BCUT2D eigenvalue weighted by Gasteiger charge is 2.21. The molecule has 2 amide bonds. The van der Waals surface area contributed by atoms with E-state index in [0.717, 1.165) is 38.6 Å². The summed E-state index contributed by atoms with van der Waals surface area (Å²) in [5.74, 6) is 0.115. The average Bonchev–Trinajstić information content (AvgIpc) is 3.14. The van der Waals surface area contributed by atoms with Gasteiger partial charge in [0.15, 0.2) is 0 Å². The smallest absolute Gasteiger partial charge is 0.251 e. The van der Waals surface area contributed by atoms with E-state index < -0.39 is 0 Å². The minimum atomic E-state index is -0.0857. The minimum absolute atomic E-state index is 0. The van der Waals surface area contributed by atoms with Crippen LogP contribution in [0.4, 0.5) is 5.69 Å². The summed E-state index contributed by atoms with van der Waals surface area (Å²) in [4.78, 5) is 24.6. The molecule has 1 aliphatic carbocycles. The van der Waals surface area contributed by atoms with E-state index in [1.54, 1.807) is 12.1 Å². The van der Waals surface area contributed by atoms with Crippen molar-refractivity contribution in [1.82, 2.24) is 10.6 Å². The van der Waals surface area contributed by atoms with Crippen molar-refractivity contribution in [3.8, 4) is 0 Å². The highest BCUT2D eigenvalue weighted by molar-refractivity contribution is 5.97. The lowest BCUT2D eigenvalue weighted by Crippen LogP contribution is -2.37. The van der Waals surface area contributed by atoms with Crippen LogP contribution in [0, 0.1) is 5.92 Å². The number of nitrogens with one attached hydrogen (secondary N) is 3. The molecule has 0 spiro atoms. The molecule has 6 heteroatoms. The number of rotatable bonds is 5. The summed E-state index contributed by atoms with van der Waals surface area (Å²) in [6.45, 7) is 1.68. The second-order valence-electron chi connectivity index (χ2n) is 6.91. The van der Waals surface area contributed by atoms with E-state index in [2.05, 4.69) is 16.0 Å². The summed E-state index contributed by atoms with van der Waals surface area (Å²) in [6, 6.07) is 7.59. The van der Waals surface area contributed by atoms with Gasteiger partial charge in [-0.2, -0.15) is 0 Å². The van der Waals surface area contributed by atoms with Gasteiger partial charge in [-0.15, -0.1) is 12.4 Å². The average molecular weight is 366 g/mol. The lowest BCUT2D eigenvalue weighted by atomic mass is 9.88. The molecule has 0 radical (unpaired) electrons. The predicted molar refractivity (Wildman–Crippen MR) is 102 cm³/mol. The third-order valence-electron chi connectivity index (χ3n) is 5.04. The monoisotopic (exact) mass is 365 g/mol. The van der Waals surface area contributed by atoms with Crippen LogP contribution in [0.3, 0.4) is 0 Å². The first kappa shape index (κ1) is 19.7. The van der Waals surface area contributed by atoms with Crippen molar-refractivity contribution >= 4 is 29.9 Å². The van der Waals surface area contributed by atoms with Crippen molar-refractivity contribution in [1.29, 1.82) is 0 Å². The van der Waals surface area contributed by atoms with Crippen LogP contribution in [0.25, 0.3) is 0 Å². The van der Waals surface area contributed by atoms with Crippen molar-refractivity contribution in [2.24, 2.45) is 5.92 Å². The van der Waals surface area contributed by atoms with Gasteiger partial charge in [0.1, 0.15) is 0 Å². The molecule has 25 heavy (non-hydrogen) atoms. The zero-order valence-electron chi connectivity index (χ0n) is 14.6. The Morgan fingerprint density at radius 2 is 1.88 bits per heavy atom. The summed E-state index contributed by atoms with van der Waals surface area (Å²) in [7, 11) is 0. The van der Waals surface area contributed by atoms with Crippen LogP contribution < -0.4 is 16.0 Å². The van der Waals surface area contributed by atoms with Crippen LogP contribution in [-0.2, 0) is 4.79 Å². The third-order valence-corrected chi connectivity index (χ3v) is 5.04. The molecule has 2 aliphatic rings. The maximum Gasteiger partial charge on any atom is 0.251 e. The van der Waals surface area contributed by atoms with E-state index >= 15 is 0 Å². The molecule has 0 bridgehead atoms. The fraction of sp³-hybridized carbons (Fsp3) is 0.579. The summed E-state index contributed by atoms with van der Waals surface area (Å²) in [6.07, 6.45) is 7.72. The third kappa shape index (κ3) is 5.72. The van der Waals surface area contributed by atoms with Gasteiger partial charge in [0, 0.05) is 29.8 Å². The summed E-state index contributed by atoms with van der Waals surface area (Å²) >= 11 is 0. The first-order valence-corrected chi connectivity index (χ1v) is 9.15. The van der Waals surface area contributed by atoms with Crippen LogP contribution in [0.2, 0.25) is 0 Å². The number of halogens is 1. The van der Waals surface area contributed by atoms with Crippen LogP contribution in [-0.4, -0.2) is 30.9 Å². The molecule has 0 aromatic heterocycles. The van der Waals surface area contributed by atoms with Gasteiger partial charge in [-0.25, -0.2) is 0 Å². The van der Waals surface area contributed by atoms with Crippen molar-refractivity contribution in [2.75, 3.05) is 18.4 Å². The first-order chi connectivity index (χ1) is 11.7. The Morgan fingerprint density at radius 1 is 1.08 bits per heavy atom. The molecule has 3 N–H and O–H groups in total. The quantitative estimate of drug-likeness (QED) is 0.750. The van der Waals surface area contributed by atoms with Gasteiger partial charge >= 0.3 is 0 Å². The van der Waals surface area contributed by atoms with E-state index in [9.17, 15) is 9.59 Å². The maximum absolute atomic E-state index is 12.3. The second-order valence-corrected chi connectivity index (χ2v) is 6.91. The highest BCUT2D eigenvalue weighted by atomic mass is 35.5. The van der Waals surface area contributed by atoms with Crippen LogP contribution in [0.5, 0.6) is 0 Å². The molecular formula is C19H28ClN3O2. The molecule has 1 atom stereocenters. The van der Waals surface area contributed by atoms with E-state index in [-0.39, 0.29) is 30.1 Å². The van der Waals surface area contributed by atoms with Gasteiger partial charge < -0.3 is 16.0 Å². The summed E-state index contributed by atoms with van der Waals surface area (Å²) in [5.41, 5.74) is 1.30. The molecule has 1 aromatic rings. The van der Waals surface area contributed by atoms with Gasteiger partial charge in [-0.05, 0) is 50.4 Å². The number of hydrogen-bond acceptors (Lipinski definition) is 3. The van der Waals surface area contributed by atoms with Crippen molar-refractivity contribution in [3.05, 3.63) is 29.8 Å². The summed E-state index contributed by atoms with van der Waals surface area (Å²) < 4.78 is 0. The Kier molecular flexibility index (Phi) is 7.72. The second kappa shape index (κ2) is 9.78. The van der Waals surface area contributed by atoms with Gasteiger partial charge in [0.2, 0.25) is 5.91 Å².